The maximum absolute atomic E-state index is 11.6. The summed E-state index contributed by atoms with van der Waals surface area (Å²) in [6.07, 6.45) is 13.9. The number of nitrogens with zero attached hydrogens (tertiary/aromatic N) is 2. The SMILES string of the molecule is Cc1cc(C)cc(-c2c3nc(c(-c4cc(C)cc(C)c4)c4cc(/C=C/c5ccc(C=O)cc5)c([nH]4)c(-c4cc(C)cc(C)c4)c4nc(c(-c5cc(C)cc(C)c5)c5ccc2[nH]5)C=C4)C=C3)c1. The summed E-state index contributed by atoms with van der Waals surface area (Å²) in [5.74, 6) is 0. The number of aromatic nitrogens is 4. The van der Waals surface area contributed by atoms with Crippen molar-refractivity contribution in [1.82, 2.24) is 19.9 Å². The number of aromatic amines is 2. The van der Waals surface area contributed by atoms with Crippen LogP contribution in [-0.4, -0.2) is 26.2 Å². The van der Waals surface area contributed by atoms with Crippen LogP contribution in [0.15, 0.2) is 115 Å². The van der Waals surface area contributed by atoms with Gasteiger partial charge in [-0.3, -0.25) is 4.79 Å². The zero-order valence-corrected chi connectivity index (χ0v) is 38.8. The molecule has 5 nitrogen and oxygen atoms in total. The van der Waals surface area contributed by atoms with Crippen LogP contribution in [0.5, 0.6) is 0 Å². The number of carbonyl (C=O) groups excluding carboxylic acids is 1. The van der Waals surface area contributed by atoms with E-state index in [1.165, 1.54) is 44.5 Å². The zero-order valence-electron chi connectivity index (χ0n) is 38.8. The molecule has 2 N–H and O–H groups in total. The second kappa shape index (κ2) is 16.9. The summed E-state index contributed by atoms with van der Waals surface area (Å²) in [5.41, 5.74) is 27.8. The molecule has 0 aliphatic carbocycles. The number of nitrogens with one attached hydrogen (secondary N) is 2. The summed E-state index contributed by atoms with van der Waals surface area (Å²) in [6.45, 7) is 17.3. The lowest BCUT2D eigenvalue weighted by Gasteiger charge is -2.10. The Morgan fingerprint density at radius 3 is 1.11 bits per heavy atom. The van der Waals surface area contributed by atoms with Crippen molar-refractivity contribution in [1.29, 1.82) is 0 Å². The first kappa shape index (κ1) is 42.1. The van der Waals surface area contributed by atoms with Crippen LogP contribution < -0.4 is 0 Å². The van der Waals surface area contributed by atoms with Gasteiger partial charge in [0.05, 0.1) is 28.3 Å². The Morgan fingerprint density at radius 2 is 0.712 bits per heavy atom. The molecule has 5 aromatic carbocycles. The van der Waals surface area contributed by atoms with Gasteiger partial charge in [-0.25, -0.2) is 9.97 Å². The van der Waals surface area contributed by atoms with E-state index in [4.69, 9.17) is 9.97 Å². The molecule has 5 heteroatoms. The van der Waals surface area contributed by atoms with E-state index in [1.807, 2.05) is 24.3 Å². The quantitative estimate of drug-likeness (QED) is 0.157. The van der Waals surface area contributed by atoms with Gasteiger partial charge in [0.25, 0.3) is 0 Å². The third kappa shape index (κ3) is 8.21. The van der Waals surface area contributed by atoms with Gasteiger partial charge in [0.2, 0.25) is 0 Å². The van der Waals surface area contributed by atoms with Crippen molar-refractivity contribution in [2.75, 3.05) is 0 Å². The molecule has 0 spiro atoms. The lowest BCUT2D eigenvalue weighted by Crippen LogP contribution is -1.92. The fourth-order valence-corrected chi connectivity index (χ4v) is 10.0. The molecule has 322 valence electrons. The van der Waals surface area contributed by atoms with E-state index >= 15 is 0 Å². The van der Waals surface area contributed by atoms with Crippen LogP contribution in [0, 0.1) is 55.4 Å². The number of rotatable bonds is 7. The lowest BCUT2D eigenvalue weighted by atomic mass is 9.97. The highest BCUT2D eigenvalue weighted by Crippen LogP contribution is 2.41. The van der Waals surface area contributed by atoms with Gasteiger partial charge in [-0.05, 0) is 126 Å². The molecule has 0 saturated carbocycles. The number of benzene rings is 5. The van der Waals surface area contributed by atoms with Crippen LogP contribution in [0.4, 0.5) is 0 Å². The molecular formula is C61H52N4O. The minimum Gasteiger partial charge on any atom is -0.354 e. The predicted molar refractivity (Wildman–Crippen MR) is 279 cm³/mol. The molecule has 2 aliphatic rings. The lowest BCUT2D eigenvalue weighted by molar-refractivity contribution is 0.112. The van der Waals surface area contributed by atoms with E-state index in [0.29, 0.717) is 5.56 Å². The Labute approximate surface area is 387 Å². The summed E-state index contributed by atoms with van der Waals surface area (Å²) in [5, 5.41) is 0. The van der Waals surface area contributed by atoms with E-state index in [0.717, 1.165) is 107 Å². The Kier molecular flexibility index (Phi) is 10.8. The number of hydrogen-bond donors (Lipinski definition) is 2. The number of carbonyl (C=O) groups is 1. The molecule has 10 rings (SSSR count). The van der Waals surface area contributed by atoms with Gasteiger partial charge in [-0.15, -0.1) is 0 Å². The van der Waals surface area contributed by atoms with E-state index in [1.54, 1.807) is 0 Å². The monoisotopic (exact) mass is 856 g/mol. The minimum absolute atomic E-state index is 0.643. The molecule has 2 aliphatic heterocycles. The normalized spacial score (nSPS) is 12.1. The maximum Gasteiger partial charge on any atom is 0.150 e. The third-order valence-corrected chi connectivity index (χ3v) is 12.5. The maximum atomic E-state index is 11.6. The van der Waals surface area contributed by atoms with Gasteiger partial charge in [-0.2, -0.15) is 0 Å². The first-order chi connectivity index (χ1) is 31.8. The van der Waals surface area contributed by atoms with Crippen LogP contribution in [0.25, 0.3) is 103 Å². The van der Waals surface area contributed by atoms with Crippen LogP contribution in [0.3, 0.4) is 0 Å². The van der Waals surface area contributed by atoms with Crippen molar-refractivity contribution in [2.24, 2.45) is 0 Å². The number of aldehydes is 1. The first-order valence-electron chi connectivity index (χ1n) is 22.6. The standard InChI is InChI=1S/C61H52N4O/c1-35-21-36(2)26-46(25-35)57-50-15-16-51(62-50)58(47-27-37(3)22-38(4)28-47)53-19-20-55(64-53)60(49-31-41(7)24-42(8)32-49)61-45(14-13-43-9-11-44(34-66)12-10-43)33-56(65-61)59(54-18-17-52(57)63-54)48-29-39(5)23-40(6)30-48/h9-34,62,65H,1-8H3/b14-13+,57-50?,57-52?,58-51?,58-53?,59-54?,59-56?,60-55?,61-60?. The van der Waals surface area contributed by atoms with Gasteiger partial charge < -0.3 is 9.97 Å². The molecule has 0 amide bonds. The number of H-pyrrole nitrogens is 2. The highest BCUT2D eigenvalue weighted by molar-refractivity contribution is 6.03. The van der Waals surface area contributed by atoms with Crippen LogP contribution in [0.2, 0.25) is 0 Å². The van der Waals surface area contributed by atoms with Crippen molar-refractivity contribution in [3.8, 4) is 44.5 Å². The highest BCUT2D eigenvalue weighted by Gasteiger charge is 2.21. The summed E-state index contributed by atoms with van der Waals surface area (Å²) >= 11 is 0. The van der Waals surface area contributed by atoms with Crippen molar-refractivity contribution >= 4 is 64.8 Å². The number of hydrogen-bond acceptors (Lipinski definition) is 3. The number of fused-ring (bicyclic) bond motifs is 8. The fourth-order valence-electron chi connectivity index (χ4n) is 10.0. The van der Waals surface area contributed by atoms with E-state index in [2.05, 4.69) is 193 Å². The van der Waals surface area contributed by atoms with Gasteiger partial charge in [-0.1, -0.05) is 154 Å². The average molecular weight is 857 g/mol. The van der Waals surface area contributed by atoms with Gasteiger partial charge in [0, 0.05) is 49.9 Å². The molecule has 3 aromatic heterocycles. The predicted octanol–water partition coefficient (Wildman–Crippen LogP) is 15.8. The molecule has 0 atom stereocenters. The zero-order chi connectivity index (χ0) is 45.8. The minimum atomic E-state index is 0.643. The molecule has 66 heavy (non-hydrogen) atoms. The summed E-state index contributed by atoms with van der Waals surface area (Å²) in [7, 11) is 0. The van der Waals surface area contributed by atoms with E-state index in [-0.39, 0.29) is 0 Å². The topological polar surface area (TPSA) is 74.4 Å². The van der Waals surface area contributed by atoms with Crippen molar-refractivity contribution in [3.05, 3.63) is 199 Å². The van der Waals surface area contributed by atoms with Crippen LogP contribution >= 0.6 is 0 Å². The molecule has 0 saturated heterocycles. The largest absolute Gasteiger partial charge is 0.354 e. The molecule has 0 radical (unpaired) electrons. The Hall–Kier alpha value is -7.89. The Bertz CT molecular complexity index is 3490. The third-order valence-electron chi connectivity index (χ3n) is 12.5. The van der Waals surface area contributed by atoms with Crippen molar-refractivity contribution in [3.63, 3.8) is 0 Å². The van der Waals surface area contributed by atoms with E-state index < -0.39 is 0 Å². The fraction of sp³-hybridized carbons (Fsp3) is 0.131. The molecule has 0 unspecified atom stereocenters. The second-order valence-corrected chi connectivity index (χ2v) is 18.4. The van der Waals surface area contributed by atoms with Gasteiger partial charge >= 0.3 is 0 Å². The highest BCUT2D eigenvalue weighted by atomic mass is 16.1. The average Bonchev–Trinajstić information content (AvgIpc) is 4.09. The van der Waals surface area contributed by atoms with Gasteiger partial charge in [0.15, 0.2) is 0 Å². The Morgan fingerprint density at radius 1 is 0.364 bits per heavy atom. The molecule has 0 fully saturated rings. The van der Waals surface area contributed by atoms with E-state index in [9.17, 15) is 4.79 Å². The smallest absolute Gasteiger partial charge is 0.150 e. The molecule has 8 bridgehead atoms. The molecule has 8 aromatic rings. The summed E-state index contributed by atoms with van der Waals surface area (Å²) in [6, 6.07) is 41.3. The number of aryl methyl sites for hydroxylation is 8. The molecule has 5 heterocycles. The van der Waals surface area contributed by atoms with Crippen molar-refractivity contribution < 1.29 is 4.79 Å². The van der Waals surface area contributed by atoms with Crippen molar-refractivity contribution in [2.45, 2.75) is 55.4 Å². The summed E-state index contributed by atoms with van der Waals surface area (Å²) < 4.78 is 0. The van der Waals surface area contributed by atoms with Crippen LogP contribution in [0.1, 0.15) is 88.8 Å². The van der Waals surface area contributed by atoms with Gasteiger partial charge in [0.1, 0.15) is 6.29 Å². The summed E-state index contributed by atoms with van der Waals surface area (Å²) in [4.78, 5) is 30.8. The van der Waals surface area contributed by atoms with Crippen LogP contribution in [-0.2, 0) is 0 Å². The Balaban J connectivity index is 1.43. The molecular weight excluding hydrogens is 805 g/mol. The first-order valence-corrected chi connectivity index (χ1v) is 22.6. The second-order valence-electron chi connectivity index (χ2n) is 18.4.